The van der Waals surface area contributed by atoms with Gasteiger partial charge in [0.1, 0.15) is 0 Å². The molecule has 0 aliphatic rings. The number of carbonyl (C=O) groups is 1. The van der Waals surface area contributed by atoms with E-state index in [0.29, 0.717) is 6.42 Å². The first-order valence-electron chi connectivity index (χ1n) is 5.64. The zero-order chi connectivity index (χ0) is 12.8. The van der Waals surface area contributed by atoms with E-state index in [0.717, 1.165) is 11.4 Å². The molecular weight excluding hydrogens is 216 g/mol. The van der Waals surface area contributed by atoms with Crippen LogP contribution in [0.5, 0.6) is 0 Å². The molecule has 17 heavy (non-hydrogen) atoms. The van der Waals surface area contributed by atoms with Gasteiger partial charge in [0.25, 0.3) is 0 Å². The summed E-state index contributed by atoms with van der Waals surface area (Å²) in [4.78, 5) is 13.2. The summed E-state index contributed by atoms with van der Waals surface area (Å²) in [7, 11) is 5.39. The molecule has 0 fully saturated rings. The number of hydrogen-bond donors (Lipinski definition) is 1. The van der Waals surface area contributed by atoms with Gasteiger partial charge in [-0.15, -0.1) is 0 Å². The van der Waals surface area contributed by atoms with Crippen molar-refractivity contribution in [3.05, 3.63) is 24.3 Å². The Morgan fingerprint density at radius 1 is 1.41 bits per heavy atom. The highest BCUT2D eigenvalue weighted by Crippen LogP contribution is 2.24. The second kappa shape index (κ2) is 6.13. The molecule has 1 rings (SSSR count). The smallest absolute Gasteiger partial charge is 0.307 e. The third-order valence-corrected chi connectivity index (χ3v) is 2.49. The van der Waals surface area contributed by atoms with Crippen LogP contribution in [0.1, 0.15) is 13.3 Å². The molecule has 0 radical (unpaired) electrons. The molecule has 4 nitrogen and oxygen atoms in total. The Morgan fingerprint density at radius 2 is 2.06 bits per heavy atom. The zero-order valence-corrected chi connectivity index (χ0v) is 10.9. The maximum absolute atomic E-state index is 11.2. The molecule has 0 aromatic heterocycles. The summed E-state index contributed by atoms with van der Waals surface area (Å²) >= 11 is 0. The van der Waals surface area contributed by atoms with Crippen molar-refractivity contribution in [1.29, 1.82) is 0 Å². The van der Waals surface area contributed by atoms with E-state index >= 15 is 0 Å². The van der Waals surface area contributed by atoms with Crippen LogP contribution in [-0.4, -0.2) is 33.2 Å². The van der Waals surface area contributed by atoms with Crippen molar-refractivity contribution >= 4 is 17.3 Å². The van der Waals surface area contributed by atoms with Gasteiger partial charge in [-0.1, -0.05) is 12.1 Å². The number of benzene rings is 1. The molecule has 1 N–H and O–H groups in total. The van der Waals surface area contributed by atoms with Crippen LogP contribution in [-0.2, 0) is 9.53 Å². The van der Waals surface area contributed by atoms with Crippen molar-refractivity contribution in [2.75, 3.05) is 31.4 Å². The number of para-hydroxylation sites is 2. The lowest BCUT2D eigenvalue weighted by molar-refractivity contribution is -0.140. The van der Waals surface area contributed by atoms with Crippen molar-refractivity contribution in [3.8, 4) is 0 Å². The van der Waals surface area contributed by atoms with Gasteiger partial charge in [0, 0.05) is 20.1 Å². The lowest BCUT2D eigenvalue weighted by Crippen LogP contribution is -2.22. The Hall–Kier alpha value is -1.71. The van der Waals surface area contributed by atoms with E-state index < -0.39 is 0 Å². The molecule has 1 aromatic carbocycles. The molecular formula is C13H20N2O2. The number of esters is 1. The first-order valence-corrected chi connectivity index (χ1v) is 5.64. The Bertz CT molecular complexity index is 377. The summed E-state index contributed by atoms with van der Waals surface area (Å²) in [6.07, 6.45) is 0.359. The number of methoxy groups -OCH3 is 1. The molecule has 94 valence electrons. The minimum atomic E-state index is -0.202. The maximum Gasteiger partial charge on any atom is 0.307 e. The number of ether oxygens (including phenoxy) is 1. The molecule has 0 bridgehead atoms. The topological polar surface area (TPSA) is 41.6 Å². The monoisotopic (exact) mass is 236 g/mol. The molecule has 1 aromatic rings. The third kappa shape index (κ3) is 3.98. The van der Waals surface area contributed by atoms with Gasteiger partial charge in [0.2, 0.25) is 0 Å². The number of rotatable bonds is 5. The maximum atomic E-state index is 11.2. The summed E-state index contributed by atoms with van der Waals surface area (Å²) in [5.41, 5.74) is 2.12. The fourth-order valence-electron chi connectivity index (χ4n) is 1.64. The quantitative estimate of drug-likeness (QED) is 0.795. The highest BCUT2D eigenvalue weighted by Gasteiger charge is 2.11. The molecule has 0 saturated carbocycles. The van der Waals surface area contributed by atoms with Crippen LogP contribution >= 0.6 is 0 Å². The summed E-state index contributed by atoms with van der Waals surface area (Å²) < 4.78 is 4.65. The summed E-state index contributed by atoms with van der Waals surface area (Å²) in [5.74, 6) is -0.202. The molecule has 0 heterocycles. The fourth-order valence-corrected chi connectivity index (χ4v) is 1.64. The molecule has 1 unspecified atom stereocenters. The lowest BCUT2D eigenvalue weighted by atomic mass is 10.2. The Kier molecular flexibility index (Phi) is 4.82. The minimum Gasteiger partial charge on any atom is -0.469 e. The molecule has 0 aliphatic carbocycles. The van der Waals surface area contributed by atoms with Gasteiger partial charge < -0.3 is 15.0 Å². The van der Waals surface area contributed by atoms with Crippen LogP contribution < -0.4 is 10.2 Å². The van der Waals surface area contributed by atoms with Gasteiger partial charge in [-0.05, 0) is 19.1 Å². The number of nitrogens with zero attached hydrogens (tertiary/aromatic N) is 1. The van der Waals surface area contributed by atoms with Crippen LogP contribution in [0.15, 0.2) is 24.3 Å². The van der Waals surface area contributed by atoms with Crippen molar-refractivity contribution in [1.82, 2.24) is 0 Å². The van der Waals surface area contributed by atoms with Crippen LogP contribution in [0.4, 0.5) is 11.4 Å². The summed E-state index contributed by atoms with van der Waals surface area (Å²) in [6, 6.07) is 8.05. The van der Waals surface area contributed by atoms with Crippen LogP contribution in [0.2, 0.25) is 0 Å². The Labute approximate surface area is 103 Å². The molecule has 4 heteroatoms. The van der Waals surface area contributed by atoms with Gasteiger partial charge in [-0.3, -0.25) is 4.79 Å². The van der Waals surface area contributed by atoms with Crippen LogP contribution in [0.25, 0.3) is 0 Å². The predicted molar refractivity (Wildman–Crippen MR) is 70.5 cm³/mol. The largest absolute Gasteiger partial charge is 0.469 e. The van der Waals surface area contributed by atoms with E-state index in [-0.39, 0.29) is 12.0 Å². The lowest BCUT2D eigenvalue weighted by Gasteiger charge is -2.21. The number of hydrogen-bond acceptors (Lipinski definition) is 4. The highest BCUT2D eigenvalue weighted by atomic mass is 16.5. The van der Waals surface area contributed by atoms with Crippen LogP contribution in [0.3, 0.4) is 0 Å². The number of anilines is 2. The van der Waals surface area contributed by atoms with Crippen LogP contribution in [0, 0.1) is 0 Å². The average Bonchev–Trinajstić information content (AvgIpc) is 2.29. The second-order valence-corrected chi connectivity index (χ2v) is 4.24. The molecule has 0 spiro atoms. The number of nitrogens with one attached hydrogen (secondary N) is 1. The molecule has 0 amide bonds. The SMILES string of the molecule is COC(=O)CC(C)Nc1ccccc1N(C)C. The normalized spacial score (nSPS) is 11.8. The van der Waals surface area contributed by atoms with Gasteiger partial charge in [0.15, 0.2) is 0 Å². The first-order chi connectivity index (χ1) is 8.04. The van der Waals surface area contributed by atoms with Crippen molar-refractivity contribution < 1.29 is 9.53 Å². The van der Waals surface area contributed by atoms with Gasteiger partial charge in [-0.25, -0.2) is 0 Å². The average molecular weight is 236 g/mol. The Balaban J connectivity index is 2.71. The highest BCUT2D eigenvalue weighted by molar-refractivity contribution is 5.73. The van der Waals surface area contributed by atoms with E-state index in [4.69, 9.17) is 0 Å². The van der Waals surface area contributed by atoms with E-state index in [1.807, 2.05) is 50.2 Å². The van der Waals surface area contributed by atoms with Crippen molar-refractivity contribution in [2.24, 2.45) is 0 Å². The summed E-state index contributed by atoms with van der Waals surface area (Å²) in [6.45, 7) is 1.96. The zero-order valence-electron chi connectivity index (χ0n) is 10.9. The standard InChI is InChI=1S/C13H20N2O2/c1-10(9-13(16)17-4)14-11-7-5-6-8-12(11)15(2)3/h5-8,10,14H,9H2,1-4H3. The molecule has 0 aliphatic heterocycles. The van der Waals surface area contributed by atoms with E-state index in [1.54, 1.807) is 0 Å². The minimum absolute atomic E-state index is 0.0450. The van der Waals surface area contributed by atoms with E-state index in [1.165, 1.54) is 7.11 Å². The Morgan fingerprint density at radius 3 is 2.65 bits per heavy atom. The van der Waals surface area contributed by atoms with Crippen molar-refractivity contribution in [3.63, 3.8) is 0 Å². The van der Waals surface area contributed by atoms with E-state index in [9.17, 15) is 4.79 Å². The van der Waals surface area contributed by atoms with Gasteiger partial charge in [0.05, 0.1) is 24.9 Å². The number of carbonyl (C=O) groups excluding carboxylic acids is 1. The van der Waals surface area contributed by atoms with Gasteiger partial charge in [-0.2, -0.15) is 0 Å². The van der Waals surface area contributed by atoms with E-state index in [2.05, 4.69) is 10.1 Å². The predicted octanol–water partition coefficient (Wildman–Crippen LogP) is 2.12. The molecule has 1 atom stereocenters. The second-order valence-electron chi connectivity index (χ2n) is 4.24. The van der Waals surface area contributed by atoms with Crippen molar-refractivity contribution in [2.45, 2.75) is 19.4 Å². The molecule has 0 saturated heterocycles. The van der Waals surface area contributed by atoms with Gasteiger partial charge >= 0.3 is 5.97 Å². The fraction of sp³-hybridized carbons (Fsp3) is 0.462. The first kappa shape index (κ1) is 13.4. The third-order valence-electron chi connectivity index (χ3n) is 2.49. The summed E-state index contributed by atoms with van der Waals surface area (Å²) in [5, 5.41) is 3.31.